The van der Waals surface area contributed by atoms with Gasteiger partial charge in [-0.25, -0.2) is 0 Å². The molecule has 31 heavy (non-hydrogen) atoms. The average Bonchev–Trinajstić information content (AvgIpc) is 2.73. The second-order valence-electron chi connectivity index (χ2n) is 7.30. The number of fused-ring (bicyclic) bond motifs is 1. The molecule has 10 heteroatoms. The first-order chi connectivity index (χ1) is 14.7. The summed E-state index contributed by atoms with van der Waals surface area (Å²) in [6.07, 6.45) is -7.87. The van der Waals surface area contributed by atoms with E-state index in [1.807, 2.05) is 0 Å². The summed E-state index contributed by atoms with van der Waals surface area (Å²) in [4.78, 5) is 12.7. The molecule has 0 radical (unpaired) electrons. The second kappa shape index (κ2) is 7.84. The molecule has 3 aromatic rings. The fourth-order valence-electron chi connectivity index (χ4n) is 3.70. The van der Waals surface area contributed by atoms with Crippen LogP contribution in [0.5, 0.6) is 17.2 Å². The number of hydrogen-bond donors (Lipinski definition) is 7. The maximum atomic E-state index is 12.7. The Labute approximate surface area is 174 Å². The Kier molecular flexibility index (Phi) is 5.33. The molecule has 164 valence electrons. The molecule has 1 aliphatic rings. The molecule has 0 spiro atoms. The predicted octanol–water partition coefficient (Wildman–Crippen LogP) is 0.0917. The summed E-state index contributed by atoms with van der Waals surface area (Å²) < 4.78 is 11.3. The molecule has 2 aromatic carbocycles. The van der Waals surface area contributed by atoms with Gasteiger partial charge in [-0.05, 0) is 24.3 Å². The SMILES string of the molecule is O=c1cc(-c2ccc(O)cc2)oc2c([C@@H]3O[C@H](CO)[C@@H](O)[C@@H](O)[C@@H]3O)c(O)cc(O)c12. The highest BCUT2D eigenvalue weighted by Crippen LogP contribution is 2.43. The van der Waals surface area contributed by atoms with Crippen molar-refractivity contribution in [2.45, 2.75) is 30.5 Å². The molecule has 0 amide bonds. The van der Waals surface area contributed by atoms with Crippen LogP contribution in [0.1, 0.15) is 11.7 Å². The lowest BCUT2D eigenvalue weighted by Crippen LogP contribution is -2.55. The summed E-state index contributed by atoms with van der Waals surface area (Å²) in [6, 6.07) is 7.69. The van der Waals surface area contributed by atoms with Crippen LogP contribution in [0.25, 0.3) is 22.3 Å². The second-order valence-corrected chi connectivity index (χ2v) is 7.30. The van der Waals surface area contributed by atoms with Crippen LogP contribution in [0, 0.1) is 0 Å². The summed E-state index contributed by atoms with van der Waals surface area (Å²) >= 11 is 0. The molecular formula is C21H20O10. The first-order valence-corrected chi connectivity index (χ1v) is 9.35. The van der Waals surface area contributed by atoms with Gasteiger partial charge in [-0.15, -0.1) is 0 Å². The molecule has 1 aliphatic heterocycles. The minimum atomic E-state index is -1.75. The molecule has 0 unspecified atom stereocenters. The predicted molar refractivity (Wildman–Crippen MR) is 106 cm³/mol. The van der Waals surface area contributed by atoms with E-state index >= 15 is 0 Å². The number of rotatable bonds is 3. The van der Waals surface area contributed by atoms with Crippen molar-refractivity contribution < 1.29 is 44.9 Å². The van der Waals surface area contributed by atoms with Gasteiger partial charge in [0.1, 0.15) is 58.9 Å². The Morgan fingerprint density at radius 1 is 0.871 bits per heavy atom. The van der Waals surface area contributed by atoms with Crippen molar-refractivity contribution in [3.8, 4) is 28.6 Å². The van der Waals surface area contributed by atoms with Gasteiger partial charge in [0, 0.05) is 17.7 Å². The standard InChI is InChI=1S/C21H20O10/c22-7-14-17(27)18(28)19(29)21(31-14)16-11(25)5-10(24)15-12(26)6-13(30-20(15)16)8-1-3-9(23)4-2-8/h1-6,14,17-19,21-25,27-29H,7H2/t14-,17-,18-,19+,21+/m1/s1. The summed E-state index contributed by atoms with van der Waals surface area (Å²) in [7, 11) is 0. The van der Waals surface area contributed by atoms with Gasteiger partial charge in [0.15, 0.2) is 11.0 Å². The zero-order valence-electron chi connectivity index (χ0n) is 15.9. The van der Waals surface area contributed by atoms with Crippen molar-refractivity contribution in [3.63, 3.8) is 0 Å². The van der Waals surface area contributed by atoms with Crippen LogP contribution >= 0.6 is 0 Å². The number of aliphatic hydroxyl groups is 4. The van der Waals surface area contributed by atoms with Gasteiger partial charge in [-0.3, -0.25) is 4.79 Å². The number of phenolic OH excluding ortho intramolecular Hbond substituents is 3. The van der Waals surface area contributed by atoms with E-state index in [4.69, 9.17) is 9.15 Å². The number of hydrogen-bond acceptors (Lipinski definition) is 10. The van der Waals surface area contributed by atoms with E-state index in [9.17, 15) is 40.5 Å². The van der Waals surface area contributed by atoms with Crippen molar-refractivity contribution >= 4 is 11.0 Å². The molecule has 0 bridgehead atoms. The smallest absolute Gasteiger partial charge is 0.197 e. The number of phenols is 3. The summed E-state index contributed by atoms with van der Waals surface area (Å²) in [6.45, 7) is -0.694. The first kappa shape index (κ1) is 21.1. The van der Waals surface area contributed by atoms with E-state index in [0.717, 1.165) is 12.1 Å². The number of aliphatic hydroxyl groups excluding tert-OH is 4. The minimum absolute atomic E-state index is 0.0100. The zero-order chi connectivity index (χ0) is 22.4. The Hall–Kier alpha value is -3.15. The highest BCUT2D eigenvalue weighted by molar-refractivity contribution is 5.89. The summed E-state index contributed by atoms with van der Waals surface area (Å²) in [5.74, 6) is -1.15. The lowest BCUT2D eigenvalue weighted by atomic mass is 9.89. The molecule has 1 fully saturated rings. The molecule has 4 rings (SSSR count). The molecular weight excluding hydrogens is 412 g/mol. The van der Waals surface area contributed by atoms with Crippen molar-refractivity contribution in [2.24, 2.45) is 0 Å². The van der Waals surface area contributed by atoms with Crippen LogP contribution in [0.15, 0.2) is 45.6 Å². The first-order valence-electron chi connectivity index (χ1n) is 9.35. The minimum Gasteiger partial charge on any atom is -0.508 e. The molecule has 0 saturated carbocycles. The van der Waals surface area contributed by atoms with E-state index in [-0.39, 0.29) is 28.0 Å². The van der Waals surface area contributed by atoms with Crippen LogP contribution in [0.4, 0.5) is 0 Å². The van der Waals surface area contributed by atoms with Crippen molar-refractivity contribution in [2.75, 3.05) is 6.61 Å². The molecule has 5 atom stereocenters. The highest BCUT2D eigenvalue weighted by atomic mass is 16.5. The monoisotopic (exact) mass is 432 g/mol. The van der Waals surface area contributed by atoms with Gasteiger partial charge in [-0.2, -0.15) is 0 Å². The maximum absolute atomic E-state index is 12.7. The van der Waals surface area contributed by atoms with Gasteiger partial charge in [0.05, 0.1) is 12.2 Å². The van der Waals surface area contributed by atoms with Crippen LogP contribution < -0.4 is 5.43 Å². The van der Waals surface area contributed by atoms with E-state index in [1.54, 1.807) is 0 Å². The van der Waals surface area contributed by atoms with Gasteiger partial charge >= 0.3 is 0 Å². The van der Waals surface area contributed by atoms with Gasteiger partial charge in [0.25, 0.3) is 0 Å². The molecule has 2 heterocycles. The Morgan fingerprint density at radius 2 is 1.55 bits per heavy atom. The normalized spacial score (nSPS) is 26.3. The topological polar surface area (TPSA) is 181 Å². The fourth-order valence-corrected chi connectivity index (χ4v) is 3.70. The number of benzene rings is 2. The largest absolute Gasteiger partial charge is 0.508 e. The third kappa shape index (κ3) is 3.50. The third-order valence-corrected chi connectivity index (χ3v) is 5.33. The lowest BCUT2D eigenvalue weighted by molar-refractivity contribution is -0.231. The van der Waals surface area contributed by atoms with E-state index in [0.29, 0.717) is 5.56 Å². The molecule has 0 aliphatic carbocycles. The molecule has 1 aromatic heterocycles. The molecule has 1 saturated heterocycles. The van der Waals surface area contributed by atoms with Crippen molar-refractivity contribution in [1.29, 1.82) is 0 Å². The van der Waals surface area contributed by atoms with E-state index < -0.39 is 54.1 Å². The summed E-state index contributed by atoms with van der Waals surface area (Å²) in [5.41, 5.74) is -0.813. The van der Waals surface area contributed by atoms with Crippen LogP contribution in [0.3, 0.4) is 0 Å². The van der Waals surface area contributed by atoms with Gasteiger partial charge in [0.2, 0.25) is 0 Å². The Bertz CT molecular complexity index is 1170. The van der Waals surface area contributed by atoms with Crippen molar-refractivity contribution in [3.05, 3.63) is 52.2 Å². The van der Waals surface area contributed by atoms with Crippen LogP contribution in [0.2, 0.25) is 0 Å². The Balaban J connectivity index is 1.96. The Morgan fingerprint density at radius 3 is 2.19 bits per heavy atom. The van der Waals surface area contributed by atoms with Gasteiger partial charge in [-0.1, -0.05) is 0 Å². The third-order valence-electron chi connectivity index (χ3n) is 5.33. The van der Waals surface area contributed by atoms with Crippen LogP contribution in [-0.4, -0.2) is 66.8 Å². The fraction of sp³-hybridized carbons (Fsp3) is 0.286. The molecule has 10 nitrogen and oxygen atoms in total. The van der Waals surface area contributed by atoms with Gasteiger partial charge < -0.3 is 44.9 Å². The quantitative estimate of drug-likeness (QED) is 0.300. The van der Waals surface area contributed by atoms with Crippen molar-refractivity contribution in [1.82, 2.24) is 0 Å². The average molecular weight is 432 g/mol. The summed E-state index contributed by atoms with van der Waals surface area (Å²) in [5, 5.41) is 70.0. The van der Waals surface area contributed by atoms with Crippen LogP contribution in [-0.2, 0) is 4.74 Å². The number of aromatic hydroxyl groups is 3. The van der Waals surface area contributed by atoms with E-state index in [2.05, 4.69) is 0 Å². The number of ether oxygens (including phenoxy) is 1. The maximum Gasteiger partial charge on any atom is 0.197 e. The molecule has 7 N–H and O–H groups in total. The lowest BCUT2D eigenvalue weighted by Gasteiger charge is -2.40. The highest BCUT2D eigenvalue weighted by Gasteiger charge is 2.46. The zero-order valence-corrected chi connectivity index (χ0v) is 15.9. The van der Waals surface area contributed by atoms with E-state index in [1.165, 1.54) is 24.3 Å².